The van der Waals surface area contributed by atoms with Gasteiger partial charge < -0.3 is 9.80 Å². The Morgan fingerprint density at radius 3 is 1.83 bits per heavy atom. The number of anilines is 6. The van der Waals surface area contributed by atoms with Crippen LogP contribution in [0.3, 0.4) is 0 Å². The van der Waals surface area contributed by atoms with Crippen LogP contribution in [0.15, 0.2) is 164 Å². The third-order valence-corrected chi connectivity index (χ3v) is 9.06. The normalized spacial score (nSPS) is 11.7. The summed E-state index contributed by atoms with van der Waals surface area (Å²) in [4.78, 5) is 9.33. The van der Waals surface area contributed by atoms with Gasteiger partial charge in [0.05, 0.1) is 11.4 Å². The average molecular weight is 610 g/mol. The fourth-order valence-corrected chi connectivity index (χ4v) is 6.25. The van der Waals surface area contributed by atoms with Crippen molar-refractivity contribution in [3.8, 4) is 11.3 Å². The first-order valence-electron chi connectivity index (χ1n) is 16.5. The minimum absolute atomic E-state index is 0.535. The number of hydrogen-bond acceptors (Lipinski definition) is 3. The summed E-state index contributed by atoms with van der Waals surface area (Å²) in [5, 5.41) is 2.41. The van der Waals surface area contributed by atoms with Gasteiger partial charge in [0.2, 0.25) is 0 Å². The van der Waals surface area contributed by atoms with E-state index < -0.39 is 0 Å². The lowest BCUT2D eigenvalue weighted by Crippen LogP contribution is -2.12. The zero-order valence-corrected chi connectivity index (χ0v) is 27.2. The van der Waals surface area contributed by atoms with Gasteiger partial charge in [-0.05, 0) is 109 Å². The summed E-state index contributed by atoms with van der Waals surface area (Å²) < 4.78 is 0. The third-order valence-electron chi connectivity index (χ3n) is 9.06. The molecule has 1 unspecified atom stereocenters. The van der Waals surface area contributed by atoms with Crippen molar-refractivity contribution in [2.45, 2.75) is 33.1 Å². The van der Waals surface area contributed by atoms with E-state index in [1.807, 2.05) is 18.3 Å². The number of pyridine rings is 1. The van der Waals surface area contributed by atoms with E-state index in [2.05, 4.69) is 181 Å². The predicted octanol–water partition coefficient (Wildman–Crippen LogP) is 12.7. The molecule has 7 aromatic rings. The Kier molecular flexibility index (Phi) is 8.53. The molecule has 0 aliphatic carbocycles. The highest BCUT2D eigenvalue weighted by Crippen LogP contribution is 2.42. The van der Waals surface area contributed by atoms with Crippen molar-refractivity contribution in [1.82, 2.24) is 4.98 Å². The second-order valence-electron chi connectivity index (χ2n) is 12.2. The lowest BCUT2D eigenvalue weighted by atomic mass is 9.98. The van der Waals surface area contributed by atoms with E-state index in [4.69, 9.17) is 0 Å². The van der Waals surface area contributed by atoms with Gasteiger partial charge in [0.15, 0.2) is 0 Å². The Balaban J connectivity index is 1.34. The molecule has 1 heterocycles. The van der Waals surface area contributed by atoms with Crippen LogP contribution in [-0.4, -0.2) is 4.98 Å². The van der Waals surface area contributed by atoms with Crippen LogP contribution in [0, 0.1) is 6.92 Å². The fourth-order valence-electron chi connectivity index (χ4n) is 6.25. The molecular formula is C44H39N3. The highest BCUT2D eigenvalue weighted by molar-refractivity contribution is 5.99. The highest BCUT2D eigenvalue weighted by atomic mass is 15.2. The molecule has 0 spiro atoms. The third kappa shape index (κ3) is 6.25. The molecule has 0 aliphatic heterocycles. The number of hydrogen-bond donors (Lipinski definition) is 0. The predicted molar refractivity (Wildman–Crippen MR) is 200 cm³/mol. The summed E-state index contributed by atoms with van der Waals surface area (Å²) in [5.74, 6) is 0.535. The molecule has 0 amide bonds. The van der Waals surface area contributed by atoms with Gasteiger partial charge in [-0.3, -0.25) is 4.98 Å². The molecule has 0 N–H and O–H groups in total. The highest BCUT2D eigenvalue weighted by Gasteiger charge is 2.18. The van der Waals surface area contributed by atoms with Crippen molar-refractivity contribution < 1.29 is 0 Å². The lowest BCUT2D eigenvalue weighted by molar-refractivity contribution is 0.733. The number of fused-ring (bicyclic) bond motifs is 1. The molecule has 0 fully saturated rings. The summed E-state index contributed by atoms with van der Waals surface area (Å²) >= 11 is 0. The van der Waals surface area contributed by atoms with Crippen molar-refractivity contribution >= 4 is 44.9 Å². The first-order valence-corrected chi connectivity index (χ1v) is 16.5. The lowest BCUT2D eigenvalue weighted by Gasteiger charge is -2.29. The molecule has 230 valence electrons. The SMILES string of the molecule is CCC(C)c1ccc(N(c2ccc(C)cc2)c2ccc(N(c3cccc(-c4ccccn4)c3)c3cccc4ccccc34)cc2)cc1. The number of rotatable bonds is 9. The van der Waals surface area contributed by atoms with Crippen molar-refractivity contribution in [2.24, 2.45) is 0 Å². The van der Waals surface area contributed by atoms with Crippen LogP contribution in [0.4, 0.5) is 34.1 Å². The van der Waals surface area contributed by atoms with E-state index >= 15 is 0 Å². The van der Waals surface area contributed by atoms with Crippen molar-refractivity contribution in [2.75, 3.05) is 9.80 Å². The Hall–Kier alpha value is -5.67. The maximum Gasteiger partial charge on any atom is 0.0702 e. The molecule has 7 rings (SSSR count). The topological polar surface area (TPSA) is 19.4 Å². The number of aryl methyl sites for hydroxylation is 1. The van der Waals surface area contributed by atoms with E-state index in [-0.39, 0.29) is 0 Å². The van der Waals surface area contributed by atoms with Crippen LogP contribution >= 0.6 is 0 Å². The van der Waals surface area contributed by atoms with Crippen LogP contribution in [0.1, 0.15) is 37.3 Å². The molecule has 47 heavy (non-hydrogen) atoms. The fraction of sp³-hybridized carbons (Fsp3) is 0.114. The number of benzene rings is 6. The van der Waals surface area contributed by atoms with Gasteiger partial charge in [-0.25, -0.2) is 0 Å². The molecular weight excluding hydrogens is 571 g/mol. The Labute approximate surface area is 278 Å². The molecule has 0 bridgehead atoms. The van der Waals surface area contributed by atoms with Gasteiger partial charge in [0.1, 0.15) is 0 Å². The maximum atomic E-state index is 4.63. The first kappa shape index (κ1) is 30.0. The maximum absolute atomic E-state index is 4.63. The molecule has 1 atom stereocenters. The van der Waals surface area contributed by atoms with Gasteiger partial charge in [-0.1, -0.05) is 98.3 Å². The van der Waals surface area contributed by atoms with E-state index in [1.165, 1.54) is 21.9 Å². The minimum Gasteiger partial charge on any atom is -0.311 e. The molecule has 0 saturated heterocycles. The molecule has 1 aromatic heterocycles. The summed E-state index contributed by atoms with van der Waals surface area (Å²) in [6.45, 7) is 6.67. The van der Waals surface area contributed by atoms with Crippen LogP contribution < -0.4 is 9.80 Å². The summed E-state index contributed by atoms with van der Waals surface area (Å²) in [5.41, 5.74) is 11.3. The second-order valence-corrected chi connectivity index (χ2v) is 12.2. The second kappa shape index (κ2) is 13.4. The Morgan fingerprint density at radius 2 is 1.15 bits per heavy atom. The molecule has 0 aliphatic rings. The van der Waals surface area contributed by atoms with Crippen molar-refractivity contribution in [3.63, 3.8) is 0 Å². The summed E-state index contributed by atoms with van der Waals surface area (Å²) in [7, 11) is 0. The quantitative estimate of drug-likeness (QED) is 0.162. The van der Waals surface area contributed by atoms with Crippen LogP contribution in [0.5, 0.6) is 0 Å². The Morgan fingerprint density at radius 1 is 0.553 bits per heavy atom. The molecule has 3 nitrogen and oxygen atoms in total. The monoisotopic (exact) mass is 609 g/mol. The standard InChI is InChI=1S/C44H39N3/c1-4-33(3)34-20-24-38(25-21-34)46(37-22-18-32(2)19-23-37)39-26-28-40(29-27-39)47(44-17-10-12-35-11-5-6-15-42(35)44)41-14-9-13-36(31-41)43-16-7-8-30-45-43/h5-31,33H,4H2,1-3H3. The van der Waals surface area contributed by atoms with Crippen LogP contribution in [0.25, 0.3) is 22.0 Å². The van der Waals surface area contributed by atoms with Crippen LogP contribution in [-0.2, 0) is 0 Å². The van der Waals surface area contributed by atoms with Gasteiger partial charge in [0, 0.05) is 45.6 Å². The molecule has 6 aromatic carbocycles. The smallest absolute Gasteiger partial charge is 0.0702 e. The van der Waals surface area contributed by atoms with Gasteiger partial charge in [0.25, 0.3) is 0 Å². The zero-order valence-electron chi connectivity index (χ0n) is 27.2. The summed E-state index contributed by atoms with van der Waals surface area (Å²) in [6.07, 6.45) is 2.97. The zero-order chi connectivity index (χ0) is 32.2. The molecule has 3 heteroatoms. The Bertz CT molecular complexity index is 2080. The van der Waals surface area contributed by atoms with Gasteiger partial charge in [-0.2, -0.15) is 0 Å². The first-order chi connectivity index (χ1) is 23.1. The molecule has 0 radical (unpaired) electrons. The van der Waals surface area contributed by atoms with Gasteiger partial charge >= 0.3 is 0 Å². The summed E-state index contributed by atoms with van der Waals surface area (Å²) in [6, 6.07) is 56.6. The van der Waals surface area contributed by atoms with E-state index in [9.17, 15) is 0 Å². The van der Waals surface area contributed by atoms with Crippen molar-refractivity contribution in [1.29, 1.82) is 0 Å². The van der Waals surface area contributed by atoms with Gasteiger partial charge in [-0.15, -0.1) is 0 Å². The minimum atomic E-state index is 0.535. The number of nitrogens with zero attached hydrogens (tertiary/aromatic N) is 3. The van der Waals surface area contributed by atoms with Crippen molar-refractivity contribution in [3.05, 3.63) is 175 Å². The van der Waals surface area contributed by atoms with E-state index in [0.717, 1.165) is 51.8 Å². The molecule has 0 saturated carbocycles. The van der Waals surface area contributed by atoms with E-state index in [1.54, 1.807) is 0 Å². The number of aromatic nitrogens is 1. The van der Waals surface area contributed by atoms with Crippen LogP contribution in [0.2, 0.25) is 0 Å². The van der Waals surface area contributed by atoms with E-state index in [0.29, 0.717) is 5.92 Å². The average Bonchev–Trinajstić information content (AvgIpc) is 3.14. The largest absolute Gasteiger partial charge is 0.311 e.